The van der Waals surface area contributed by atoms with Gasteiger partial charge < -0.3 is 5.73 Å². The fraction of sp³-hybridized carbons (Fsp3) is 0.250. The number of hydrogen-bond donors (Lipinski definition) is 3. The van der Waals surface area contributed by atoms with Crippen molar-refractivity contribution in [1.29, 1.82) is 0 Å². The number of hydrogen-bond acceptors (Lipinski definition) is 6. The summed E-state index contributed by atoms with van der Waals surface area (Å²) in [5, 5.41) is 0. The topological polar surface area (TPSA) is 103 Å². The Morgan fingerprint density at radius 3 is 2.23 bits per heavy atom. The average Bonchev–Trinajstić information content (AvgIpc) is 2.01. The van der Waals surface area contributed by atoms with Crippen LogP contribution in [0.15, 0.2) is 0 Å². The van der Waals surface area contributed by atoms with Crippen LogP contribution < -0.4 is 17.0 Å². The van der Waals surface area contributed by atoms with Crippen molar-refractivity contribution < 1.29 is 13.2 Å². The van der Waals surface area contributed by atoms with Crippen molar-refractivity contribution in [2.45, 2.75) is 6.18 Å². The van der Waals surface area contributed by atoms with E-state index in [-0.39, 0.29) is 0 Å². The summed E-state index contributed by atoms with van der Waals surface area (Å²) in [7, 11) is 0. The number of nitrogen functional groups attached to an aromatic ring is 2. The van der Waals surface area contributed by atoms with Crippen LogP contribution in [0.1, 0.15) is 5.82 Å². The molecule has 0 aromatic carbocycles. The normalized spacial score (nSPS) is 11.4. The summed E-state index contributed by atoms with van der Waals surface area (Å²) in [4.78, 5) is 9.13. The van der Waals surface area contributed by atoms with Crippen LogP contribution in [-0.4, -0.2) is 15.0 Å². The van der Waals surface area contributed by atoms with Crippen molar-refractivity contribution in [3.05, 3.63) is 5.82 Å². The minimum Gasteiger partial charge on any atom is -0.368 e. The average molecular weight is 194 g/mol. The van der Waals surface area contributed by atoms with Gasteiger partial charge in [-0.25, -0.2) is 5.84 Å². The molecule has 0 spiro atoms. The Kier molecular flexibility index (Phi) is 2.19. The number of alkyl halides is 3. The van der Waals surface area contributed by atoms with Gasteiger partial charge in [0.1, 0.15) is 0 Å². The van der Waals surface area contributed by atoms with E-state index < -0.39 is 23.9 Å². The molecule has 0 atom stereocenters. The summed E-state index contributed by atoms with van der Waals surface area (Å²) in [6.07, 6.45) is -4.66. The molecule has 0 unspecified atom stereocenters. The predicted molar refractivity (Wildman–Crippen MR) is 37.1 cm³/mol. The fourth-order valence-corrected chi connectivity index (χ4v) is 0.584. The van der Waals surface area contributed by atoms with Crippen LogP contribution in [0.2, 0.25) is 0 Å². The van der Waals surface area contributed by atoms with E-state index in [1.165, 1.54) is 0 Å². The maximum Gasteiger partial charge on any atom is 0.451 e. The van der Waals surface area contributed by atoms with Gasteiger partial charge in [0.2, 0.25) is 17.7 Å². The summed E-state index contributed by atoms with van der Waals surface area (Å²) in [6, 6.07) is 0. The molecule has 1 rings (SSSR count). The van der Waals surface area contributed by atoms with Crippen molar-refractivity contribution in [3.8, 4) is 0 Å². The molecule has 9 heteroatoms. The standard InChI is InChI=1S/C4H5F3N6/c5-4(6,7)1-10-2(8)12-3(11-1)13-9/h9H2,(H3,8,10,11,12,13). The SMILES string of the molecule is NNc1nc(N)nc(C(F)(F)F)n1. The predicted octanol–water partition coefficient (Wildman–Crippen LogP) is -0.242. The third kappa shape index (κ3) is 2.15. The minimum atomic E-state index is -4.66. The highest BCUT2D eigenvalue weighted by Gasteiger charge is 2.35. The number of anilines is 2. The number of nitrogens with zero attached hydrogens (tertiary/aromatic N) is 3. The number of nitrogens with one attached hydrogen (secondary N) is 1. The number of rotatable bonds is 1. The lowest BCUT2D eigenvalue weighted by atomic mass is 10.6. The quantitative estimate of drug-likeness (QED) is 0.421. The first-order valence-electron chi connectivity index (χ1n) is 2.99. The second-order valence-electron chi connectivity index (χ2n) is 1.98. The molecule has 0 aliphatic heterocycles. The molecule has 0 amide bonds. The smallest absolute Gasteiger partial charge is 0.368 e. The lowest BCUT2D eigenvalue weighted by molar-refractivity contribution is -0.144. The summed E-state index contributed by atoms with van der Waals surface area (Å²) >= 11 is 0. The molecule has 72 valence electrons. The van der Waals surface area contributed by atoms with Crippen LogP contribution in [0.25, 0.3) is 0 Å². The molecule has 1 aromatic heterocycles. The van der Waals surface area contributed by atoms with E-state index in [0.29, 0.717) is 0 Å². The number of hydrazine groups is 1. The Hall–Kier alpha value is -1.64. The molecule has 0 radical (unpaired) electrons. The van der Waals surface area contributed by atoms with Gasteiger partial charge in [-0.15, -0.1) is 0 Å². The van der Waals surface area contributed by atoms with Gasteiger partial charge in [-0.2, -0.15) is 28.1 Å². The summed E-state index contributed by atoms with van der Waals surface area (Å²) < 4.78 is 36.0. The van der Waals surface area contributed by atoms with E-state index in [4.69, 9.17) is 11.6 Å². The Morgan fingerprint density at radius 1 is 1.15 bits per heavy atom. The molecule has 0 bridgehead atoms. The Bertz CT molecular complexity index is 309. The lowest BCUT2D eigenvalue weighted by Crippen LogP contribution is -2.18. The van der Waals surface area contributed by atoms with Crippen molar-refractivity contribution in [1.82, 2.24) is 15.0 Å². The van der Waals surface area contributed by atoms with Gasteiger partial charge in [-0.05, 0) is 0 Å². The van der Waals surface area contributed by atoms with Gasteiger partial charge in [-0.1, -0.05) is 0 Å². The van der Waals surface area contributed by atoms with E-state index in [1.807, 2.05) is 5.43 Å². The fourth-order valence-electron chi connectivity index (χ4n) is 0.584. The monoisotopic (exact) mass is 194 g/mol. The number of nitrogens with two attached hydrogens (primary N) is 2. The number of aromatic nitrogens is 3. The van der Waals surface area contributed by atoms with E-state index in [9.17, 15) is 13.2 Å². The molecule has 0 fully saturated rings. The van der Waals surface area contributed by atoms with Gasteiger partial charge in [0.05, 0.1) is 0 Å². The van der Waals surface area contributed by atoms with Crippen LogP contribution >= 0.6 is 0 Å². The van der Waals surface area contributed by atoms with E-state index >= 15 is 0 Å². The van der Waals surface area contributed by atoms with Gasteiger partial charge in [-0.3, -0.25) is 5.43 Å². The summed E-state index contributed by atoms with van der Waals surface area (Å²) in [6.45, 7) is 0. The molecule has 13 heavy (non-hydrogen) atoms. The van der Waals surface area contributed by atoms with Crippen LogP contribution in [-0.2, 0) is 6.18 Å². The lowest BCUT2D eigenvalue weighted by Gasteiger charge is -2.06. The largest absolute Gasteiger partial charge is 0.451 e. The maximum absolute atomic E-state index is 12.0. The molecule has 0 aliphatic carbocycles. The van der Waals surface area contributed by atoms with Crippen molar-refractivity contribution in [2.24, 2.45) is 5.84 Å². The zero-order valence-electron chi connectivity index (χ0n) is 6.13. The van der Waals surface area contributed by atoms with Crippen molar-refractivity contribution >= 4 is 11.9 Å². The second-order valence-corrected chi connectivity index (χ2v) is 1.98. The Balaban J connectivity index is 3.16. The van der Waals surface area contributed by atoms with Gasteiger partial charge in [0.15, 0.2) is 0 Å². The second kappa shape index (κ2) is 3.01. The van der Waals surface area contributed by atoms with Crippen LogP contribution in [0, 0.1) is 0 Å². The van der Waals surface area contributed by atoms with Gasteiger partial charge in [0, 0.05) is 0 Å². The van der Waals surface area contributed by atoms with Crippen molar-refractivity contribution in [3.63, 3.8) is 0 Å². The van der Waals surface area contributed by atoms with E-state index in [1.54, 1.807) is 0 Å². The Morgan fingerprint density at radius 2 is 1.77 bits per heavy atom. The summed E-state index contributed by atoms with van der Waals surface area (Å²) in [5.74, 6) is 2.45. The van der Waals surface area contributed by atoms with E-state index in [0.717, 1.165) is 0 Å². The first kappa shape index (κ1) is 9.45. The van der Waals surface area contributed by atoms with Crippen LogP contribution in [0.5, 0.6) is 0 Å². The third-order valence-electron chi connectivity index (χ3n) is 1.04. The van der Waals surface area contributed by atoms with E-state index in [2.05, 4.69) is 15.0 Å². The molecule has 6 nitrogen and oxygen atoms in total. The third-order valence-corrected chi connectivity index (χ3v) is 1.04. The van der Waals surface area contributed by atoms with Crippen LogP contribution in [0.4, 0.5) is 25.1 Å². The molecule has 0 aliphatic rings. The highest BCUT2D eigenvalue weighted by atomic mass is 19.4. The molecular formula is C4H5F3N6. The molecule has 5 N–H and O–H groups in total. The number of halogens is 3. The van der Waals surface area contributed by atoms with Gasteiger partial charge in [0.25, 0.3) is 0 Å². The highest BCUT2D eigenvalue weighted by molar-refractivity contribution is 5.29. The van der Waals surface area contributed by atoms with Crippen LogP contribution in [0.3, 0.4) is 0 Å². The maximum atomic E-state index is 12.0. The minimum absolute atomic E-state index is 0.431. The highest BCUT2D eigenvalue weighted by Crippen LogP contribution is 2.26. The first-order valence-corrected chi connectivity index (χ1v) is 2.99. The molecule has 1 aromatic rings. The zero-order chi connectivity index (χ0) is 10.1. The molecule has 1 heterocycles. The van der Waals surface area contributed by atoms with Crippen molar-refractivity contribution in [2.75, 3.05) is 11.2 Å². The van der Waals surface area contributed by atoms with Gasteiger partial charge >= 0.3 is 6.18 Å². The first-order chi connectivity index (χ1) is 5.93. The molecule has 0 saturated heterocycles. The molecule has 0 saturated carbocycles. The Labute approximate surface area is 70.2 Å². The molecular weight excluding hydrogens is 189 g/mol. The zero-order valence-corrected chi connectivity index (χ0v) is 6.13. The summed E-state index contributed by atoms with van der Waals surface area (Å²) in [5.41, 5.74) is 6.81.